The Labute approximate surface area is 125 Å². The fourth-order valence-electron chi connectivity index (χ4n) is 1.62. The van der Waals surface area contributed by atoms with Crippen LogP contribution in [0.5, 0.6) is 0 Å². The van der Waals surface area contributed by atoms with E-state index in [-0.39, 0.29) is 17.5 Å². The normalized spacial score (nSPS) is 11.6. The molecular weight excluding hydrogens is 290 g/mol. The van der Waals surface area contributed by atoms with E-state index in [4.69, 9.17) is 18.0 Å². The number of carbonyl (C=O) groups excluding carboxylic acids is 1. The number of oxazole rings is 3. The summed E-state index contributed by atoms with van der Waals surface area (Å²) in [6.07, 6.45) is 5.47. The molecule has 0 radical (unpaired) electrons. The minimum Gasteiger partial charge on any atom is -0.455 e. The molecule has 114 valence electrons. The van der Waals surface area contributed by atoms with Crippen LogP contribution in [0, 0.1) is 0 Å². The lowest BCUT2D eigenvalue weighted by Crippen LogP contribution is -2.24. The molecule has 3 aromatic rings. The third kappa shape index (κ3) is 2.90. The number of hydrogen-bond donors (Lipinski definition) is 0. The molecule has 3 heterocycles. The van der Waals surface area contributed by atoms with Crippen molar-refractivity contribution in [3.63, 3.8) is 0 Å². The lowest BCUT2D eigenvalue weighted by Gasteiger charge is -2.18. The maximum Gasteiger partial charge on any atom is 0.360 e. The minimum absolute atomic E-state index is 0.0424. The van der Waals surface area contributed by atoms with Gasteiger partial charge in [0.05, 0.1) is 6.20 Å². The average molecular weight is 303 g/mol. The number of esters is 1. The molecule has 0 saturated carbocycles. The molecule has 0 saturated heterocycles. The molecule has 0 unspecified atom stereocenters. The van der Waals surface area contributed by atoms with Crippen molar-refractivity contribution < 1.29 is 22.8 Å². The number of ether oxygens (including phenoxy) is 1. The van der Waals surface area contributed by atoms with Crippen LogP contribution in [-0.4, -0.2) is 26.5 Å². The monoisotopic (exact) mass is 303 g/mol. The van der Waals surface area contributed by atoms with Crippen LogP contribution >= 0.6 is 0 Å². The Morgan fingerprint density at radius 2 is 1.77 bits per heavy atom. The van der Waals surface area contributed by atoms with E-state index < -0.39 is 11.6 Å². The van der Waals surface area contributed by atoms with E-state index in [2.05, 4.69) is 15.0 Å². The Balaban J connectivity index is 1.81. The van der Waals surface area contributed by atoms with Crippen LogP contribution in [-0.2, 0) is 4.74 Å². The van der Waals surface area contributed by atoms with E-state index in [1.807, 2.05) is 0 Å². The predicted octanol–water partition coefficient (Wildman–Crippen LogP) is 2.94. The summed E-state index contributed by atoms with van der Waals surface area (Å²) in [5, 5.41) is 0. The van der Waals surface area contributed by atoms with E-state index in [0.29, 0.717) is 11.6 Å². The predicted molar refractivity (Wildman–Crippen MR) is 72.7 cm³/mol. The summed E-state index contributed by atoms with van der Waals surface area (Å²) < 4.78 is 20.8. The molecule has 0 fully saturated rings. The molecule has 0 atom stereocenters. The summed E-state index contributed by atoms with van der Waals surface area (Å²) in [6.45, 7) is 5.30. The SMILES string of the molecule is CC(C)(C)OC(=O)c1coc(-c2nc(-c3ncco3)co2)n1. The van der Waals surface area contributed by atoms with Gasteiger partial charge in [-0.05, 0) is 20.8 Å². The fourth-order valence-corrected chi connectivity index (χ4v) is 1.62. The molecule has 8 nitrogen and oxygen atoms in total. The van der Waals surface area contributed by atoms with E-state index >= 15 is 0 Å². The molecular formula is C14H13N3O5. The van der Waals surface area contributed by atoms with Gasteiger partial charge in [0.1, 0.15) is 24.4 Å². The van der Waals surface area contributed by atoms with Gasteiger partial charge in [0.15, 0.2) is 11.4 Å². The van der Waals surface area contributed by atoms with Crippen molar-refractivity contribution in [2.75, 3.05) is 0 Å². The van der Waals surface area contributed by atoms with E-state index in [0.717, 1.165) is 0 Å². The largest absolute Gasteiger partial charge is 0.455 e. The first-order chi connectivity index (χ1) is 10.4. The maximum absolute atomic E-state index is 11.9. The van der Waals surface area contributed by atoms with Crippen molar-refractivity contribution in [3.8, 4) is 23.4 Å². The Morgan fingerprint density at radius 3 is 2.45 bits per heavy atom. The van der Waals surface area contributed by atoms with E-state index in [1.165, 1.54) is 25.0 Å². The Morgan fingerprint density at radius 1 is 1.05 bits per heavy atom. The molecule has 3 rings (SSSR count). The zero-order valence-electron chi connectivity index (χ0n) is 12.2. The van der Waals surface area contributed by atoms with Crippen LogP contribution < -0.4 is 0 Å². The van der Waals surface area contributed by atoms with Crippen LogP contribution in [0.3, 0.4) is 0 Å². The summed E-state index contributed by atoms with van der Waals surface area (Å²) >= 11 is 0. The number of carbonyl (C=O) groups is 1. The van der Waals surface area contributed by atoms with Crippen LogP contribution in [0.25, 0.3) is 23.4 Å². The third-order valence-corrected chi connectivity index (χ3v) is 2.45. The van der Waals surface area contributed by atoms with Gasteiger partial charge in [-0.25, -0.2) is 9.78 Å². The zero-order chi connectivity index (χ0) is 15.7. The molecule has 22 heavy (non-hydrogen) atoms. The van der Waals surface area contributed by atoms with Gasteiger partial charge in [0.25, 0.3) is 11.8 Å². The first-order valence-corrected chi connectivity index (χ1v) is 6.47. The number of nitrogens with zero attached hydrogens (tertiary/aromatic N) is 3. The summed E-state index contributed by atoms with van der Waals surface area (Å²) in [5.74, 6) is -0.0856. The highest BCUT2D eigenvalue weighted by molar-refractivity contribution is 5.87. The number of aromatic nitrogens is 3. The second kappa shape index (κ2) is 5.14. The molecule has 0 aliphatic rings. The van der Waals surface area contributed by atoms with Gasteiger partial charge in [-0.1, -0.05) is 0 Å². The molecule has 0 aliphatic carbocycles. The molecule has 3 aromatic heterocycles. The van der Waals surface area contributed by atoms with Crippen LogP contribution in [0.1, 0.15) is 31.3 Å². The lowest BCUT2D eigenvalue weighted by molar-refractivity contribution is 0.00629. The second-order valence-corrected chi connectivity index (χ2v) is 5.41. The highest BCUT2D eigenvalue weighted by Gasteiger charge is 2.23. The van der Waals surface area contributed by atoms with Crippen molar-refractivity contribution in [1.29, 1.82) is 0 Å². The summed E-state index contributed by atoms with van der Waals surface area (Å²) in [5.41, 5.74) is -0.171. The quantitative estimate of drug-likeness (QED) is 0.680. The topological polar surface area (TPSA) is 104 Å². The summed E-state index contributed by atoms with van der Waals surface area (Å²) in [7, 11) is 0. The fraction of sp³-hybridized carbons (Fsp3) is 0.286. The molecule has 0 aromatic carbocycles. The highest BCUT2D eigenvalue weighted by atomic mass is 16.6. The minimum atomic E-state index is -0.614. The van der Waals surface area contributed by atoms with Gasteiger partial charge in [-0.3, -0.25) is 0 Å². The summed E-state index contributed by atoms with van der Waals surface area (Å²) in [4.78, 5) is 24.0. The van der Waals surface area contributed by atoms with Gasteiger partial charge >= 0.3 is 5.97 Å². The van der Waals surface area contributed by atoms with Gasteiger partial charge in [-0.15, -0.1) is 0 Å². The zero-order valence-corrected chi connectivity index (χ0v) is 12.2. The first kappa shape index (κ1) is 14.1. The smallest absolute Gasteiger partial charge is 0.360 e. The van der Waals surface area contributed by atoms with E-state index in [1.54, 1.807) is 20.8 Å². The van der Waals surface area contributed by atoms with Gasteiger partial charge < -0.3 is 18.0 Å². The standard InChI is InChI=1S/C14H13N3O5/c1-14(2,3)22-13(18)9-7-21-12(17-9)11-16-8(6-20-11)10-15-4-5-19-10/h4-7H,1-3H3. The molecule has 0 bridgehead atoms. The third-order valence-electron chi connectivity index (χ3n) is 2.45. The average Bonchev–Trinajstić information content (AvgIpc) is 3.18. The Hall–Kier alpha value is -2.90. The van der Waals surface area contributed by atoms with Gasteiger partial charge in [-0.2, -0.15) is 9.97 Å². The van der Waals surface area contributed by atoms with Crippen molar-refractivity contribution in [2.45, 2.75) is 26.4 Å². The number of hydrogen-bond acceptors (Lipinski definition) is 8. The van der Waals surface area contributed by atoms with Crippen LogP contribution in [0.4, 0.5) is 0 Å². The van der Waals surface area contributed by atoms with Crippen molar-refractivity contribution in [1.82, 2.24) is 15.0 Å². The Bertz CT molecular complexity index is 780. The van der Waals surface area contributed by atoms with Crippen molar-refractivity contribution >= 4 is 5.97 Å². The second-order valence-electron chi connectivity index (χ2n) is 5.41. The summed E-state index contributed by atoms with van der Waals surface area (Å²) in [6, 6.07) is 0. The van der Waals surface area contributed by atoms with Crippen molar-refractivity contribution in [2.24, 2.45) is 0 Å². The van der Waals surface area contributed by atoms with Crippen LogP contribution in [0.2, 0.25) is 0 Å². The molecule has 0 spiro atoms. The van der Waals surface area contributed by atoms with Gasteiger partial charge in [0, 0.05) is 0 Å². The first-order valence-electron chi connectivity index (χ1n) is 6.47. The molecule has 0 N–H and O–H groups in total. The highest BCUT2D eigenvalue weighted by Crippen LogP contribution is 2.23. The number of rotatable bonds is 3. The molecule has 8 heteroatoms. The van der Waals surface area contributed by atoms with E-state index in [9.17, 15) is 4.79 Å². The molecule has 0 aliphatic heterocycles. The van der Waals surface area contributed by atoms with Crippen molar-refractivity contribution in [3.05, 3.63) is 30.7 Å². The Kier molecular flexibility index (Phi) is 3.28. The van der Waals surface area contributed by atoms with Gasteiger partial charge in [0.2, 0.25) is 5.89 Å². The lowest BCUT2D eigenvalue weighted by atomic mass is 10.2. The molecule has 0 amide bonds. The maximum atomic E-state index is 11.9. The van der Waals surface area contributed by atoms with Crippen LogP contribution in [0.15, 0.2) is 38.2 Å².